The lowest BCUT2D eigenvalue weighted by Gasteiger charge is -2.13. The van der Waals surface area contributed by atoms with E-state index in [2.05, 4.69) is 0 Å². The first-order chi connectivity index (χ1) is 10.4. The van der Waals surface area contributed by atoms with Crippen molar-refractivity contribution in [3.05, 3.63) is 48.0 Å². The molecule has 2 aromatic rings. The molecule has 0 radical (unpaired) electrons. The van der Waals surface area contributed by atoms with Crippen LogP contribution in [0, 0.1) is 11.6 Å². The Kier molecular flexibility index (Phi) is 4.51. The molecule has 0 aromatic heterocycles. The van der Waals surface area contributed by atoms with Gasteiger partial charge in [-0.3, -0.25) is 4.72 Å². The van der Waals surface area contributed by atoms with E-state index in [1.807, 2.05) is 4.72 Å². The Bertz CT molecular complexity index is 793. The predicted molar refractivity (Wildman–Crippen MR) is 76.7 cm³/mol. The summed E-state index contributed by atoms with van der Waals surface area (Å²) in [6.45, 7) is 0. The van der Waals surface area contributed by atoms with E-state index in [9.17, 15) is 17.2 Å². The SMILES string of the molecule is COc1ccc(S(=O)(=O)Nc2cc(F)ccc2F)c(OC)c1. The third kappa shape index (κ3) is 3.28. The van der Waals surface area contributed by atoms with E-state index in [4.69, 9.17) is 9.47 Å². The fourth-order valence-electron chi connectivity index (χ4n) is 1.77. The van der Waals surface area contributed by atoms with E-state index >= 15 is 0 Å². The zero-order chi connectivity index (χ0) is 16.3. The fraction of sp³-hybridized carbons (Fsp3) is 0.143. The minimum Gasteiger partial charge on any atom is -0.497 e. The van der Waals surface area contributed by atoms with Crippen molar-refractivity contribution in [2.75, 3.05) is 18.9 Å². The molecule has 0 aliphatic heterocycles. The average Bonchev–Trinajstić information content (AvgIpc) is 2.50. The topological polar surface area (TPSA) is 64.6 Å². The maximum Gasteiger partial charge on any atom is 0.265 e. The van der Waals surface area contributed by atoms with E-state index in [0.717, 1.165) is 18.2 Å². The van der Waals surface area contributed by atoms with E-state index in [1.165, 1.54) is 32.4 Å². The molecule has 5 nitrogen and oxygen atoms in total. The zero-order valence-electron chi connectivity index (χ0n) is 11.8. The second-order valence-corrected chi connectivity index (χ2v) is 5.90. The van der Waals surface area contributed by atoms with E-state index in [1.54, 1.807) is 0 Å². The van der Waals surface area contributed by atoms with E-state index in [-0.39, 0.29) is 10.6 Å². The summed E-state index contributed by atoms with van der Waals surface area (Å²) >= 11 is 0. The van der Waals surface area contributed by atoms with Crippen molar-refractivity contribution in [3.63, 3.8) is 0 Å². The number of hydrogen-bond donors (Lipinski definition) is 1. The summed E-state index contributed by atoms with van der Waals surface area (Å²) in [5.41, 5.74) is -0.488. The van der Waals surface area contributed by atoms with Crippen molar-refractivity contribution in [1.29, 1.82) is 0 Å². The van der Waals surface area contributed by atoms with Crippen molar-refractivity contribution in [2.24, 2.45) is 0 Å². The molecule has 2 aromatic carbocycles. The monoisotopic (exact) mass is 329 g/mol. The van der Waals surface area contributed by atoms with Gasteiger partial charge in [0.05, 0.1) is 19.9 Å². The Morgan fingerprint density at radius 1 is 1.00 bits per heavy atom. The van der Waals surface area contributed by atoms with Crippen molar-refractivity contribution in [1.82, 2.24) is 0 Å². The van der Waals surface area contributed by atoms with Crippen LogP contribution in [0.1, 0.15) is 0 Å². The molecular formula is C14H13F2NO4S. The first kappa shape index (κ1) is 16.0. The molecule has 0 fully saturated rings. The van der Waals surface area contributed by atoms with Crippen LogP contribution in [0.25, 0.3) is 0 Å². The second-order valence-electron chi connectivity index (χ2n) is 4.25. The van der Waals surface area contributed by atoms with Crippen LogP contribution in [0.4, 0.5) is 14.5 Å². The summed E-state index contributed by atoms with van der Waals surface area (Å²) in [5.74, 6) is -1.24. The number of halogens is 2. The molecule has 22 heavy (non-hydrogen) atoms. The van der Waals surface area contributed by atoms with Gasteiger partial charge < -0.3 is 9.47 Å². The Labute approximate surface area is 126 Å². The molecular weight excluding hydrogens is 316 g/mol. The molecule has 0 aliphatic rings. The molecule has 0 bridgehead atoms. The standard InChI is InChI=1S/C14H13F2NO4S/c1-20-10-4-6-14(13(8-10)21-2)22(18,19)17-12-7-9(15)3-5-11(12)16/h3-8,17H,1-2H3. The van der Waals surface area contributed by atoms with Gasteiger partial charge in [-0.2, -0.15) is 0 Å². The fourth-order valence-corrected chi connectivity index (χ4v) is 2.98. The molecule has 0 heterocycles. The van der Waals surface area contributed by atoms with Crippen molar-refractivity contribution in [3.8, 4) is 11.5 Å². The van der Waals surface area contributed by atoms with Crippen LogP contribution in [-0.2, 0) is 10.0 Å². The van der Waals surface area contributed by atoms with Gasteiger partial charge in [0.1, 0.15) is 28.0 Å². The van der Waals surface area contributed by atoms with Crippen LogP contribution >= 0.6 is 0 Å². The number of methoxy groups -OCH3 is 2. The Hall–Kier alpha value is -2.35. The number of anilines is 1. The summed E-state index contributed by atoms with van der Waals surface area (Å²) < 4.78 is 63.3. The first-order valence-corrected chi connectivity index (χ1v) is 7.55. The smallest absolute Gasteiger partial charge is 0.265 e. The molecule has 118 valence electrons. The van der Waals surface area contributed by atoms with Crippen LogP contribution in [0.5, 0.6) is 11.5 Å². The predicted octanol–water partition coefficient (Wildman–Crippen LogP) is 2.78. The molecule has 0 spiro atoms. The largest absolute Gasteiger partial charge is 0.497 e. The molecule has 0 amide bonds. The molecule has 1 N–H and O–H groups in total. The van der Waals surface area contributed by atoms with Gasteiger partial charge in [0.25, 0.3) is 10.0 Å². The molecule has 8 heteroatoms. The van der Waals surface area contributed by atoms with Gasteiger partial charge in [0.15, 0.2) is 0 Å². The summed E-state index contributed by atoms with van der Waals surface area (Å²) in [5, 5.41) is 0. The Morgan fingerprint density at radius 3 is 2.36 bits per heavy atom. The summed E-state index contributed by atoms with van der Waals surface area (Å²) in [6, 6.07) is 6.51. The summed E-state index contributed by atoms with van der Waals surface area (Å²) in [6.07, 6.45) is 0. The maximum absolute atomic E-state index is 13.6. The third-order valence-corrected chi connectivity index (χ3v) is 4.24. The first-order valence-electron chi connectivity index (χ1n) is 6.07. The van der Waals surface area contributed by atoms with Crippen molar-refractivity contribution < 1.29 is 26.7 Å². The molecule has 0 atom stereocenters. The van der Waals surface area contributed by atoms with E-state index < -0.39 is 27.3 Å². The molecule has 0 saturated heterocycles. The highest BCUT2D eigenvalue weighted by molar-refractivity contribution is 7.92. The highest BCUT2D eigenvalue weighted by Gasteiger charge is 2.21. The number of ether oxygens (including phenoxy) is 2. The van der Waals surface area contributed by atoms with Crippen LogP contribution in [0.2, 0.25) is 0 Å². The average molecular weight is 329 g/mol. The van der Waals surface area contributed by atoms with Crippen molar-refractivity contribution >= 4 is 15.7 Å². The van der Waals surface area contributed by atoms with Crippen LogP contribution < -0.4 is 14.2 Å². The van der Waals surface area contributed by atoms with Gasteiger partial charge in [-0.1, -0.05) is 0 Å². The lowest BCUT2D eigenvalue weighted by molar-refractivity contribution is 0.386. The summed E-state index contributed by atoms with van der Waals surface area (Å²) in [4.78, 5) is -0.223. The lowest BCUT2D eigenvalue weighted by atomic mass is 10.3. The number of rotatable bonds is 5. The minimum atomic E-state index is -4.16. The lowest BCUT2D eigenvalue weighted by Crippen LogP contribution is -2.15. The zero-order valence-corrected chi connectivity index (χ0v) is 12.6. The van der Waals surface area contributed by atoms with Gasteiger partial charge in [0.2, 0.25) is 0 Å². The minimum absolute atomic E-state index is 0.0173. The van der Waals surface area contributed by atoms with Gasteiger partial charge in [-0.05, 0) is 24.3 Å². The summed E-state index contributed by atoms with van der Waals surface area (Å²) in [7, 11) is -1.45. The molecule has 0 saturated carbocycles. The quantitative estimate of drug-likeness (QED) is 0.916. The van der Waals surface area contributed by atoms with Crippen LogP contribution in [0.3, 0.4) is 0 Å². The van der Waals surface area contributed by atoms with Crippen molar-refractivity contribution in [2.45, 2.75) is 4.90 Å². The third-order valence-electron chi connectivity index (χ3n) is 2.83. The number of sulfonamides is 1. The van der Waals surface area contributed by atoms with Gasteiger partial charge in [-0.15, -0.1) is 0 Å². The normalized spacial score (nSPS) is 11.1. The van der Waals surface area contributed by atoms with Crippen LogP contribution in [-0.4, -0.2) is 22.6 Å². The van der Waals surface area contributed by atoms with Crippen LogP contribution in [0.15, 0.2) is 41.3 Å². The number of benzene rings is 2. The number of nitrogens with one attached hydrogen (secondary N) is 1. The maximum atomic E-state index is 13.6. The molecule has 2 rings (SSSR count). The Morgan fingerprint density at radius 2 is 1.73 bits per heavy atom. The molecule has 0 unspecified atom stereocenters. The van der Waals surface area contributed by atoms with Gasteiger partial charge in [-0.25, -0.2) is 17.2 Å². The highest BCUT2D eigenvalue weighted by atomic mass is 32.2. The number of hydrogen-bond acceptors (Lipinski definition) is 4. The van der Waals surface area contributed by atoms with E-state index in [0.29, 0.717) is 5.75 Å². The van der Waals surface area contributed by atoms with Gasteiger partial charge in [0, 0.05) is 12.1 Å². The van der Waals surface area contributed by atoms with Gasteiger partial charge >= 0.3 is 0 Å². The Balaban J connectivity index is 2.44. The second kappa shape index (κ2) is 6.18. The molecule has 0 aliphatic carbocycles. The highest BCUT2D eigenvalue weighted by Crippen LogP contribution is 2.30.